The number of guanidine groups is 1. The molecule has 2 saturated heterocycles. The summed E-state index contributed by atoms with van der Waals surface area (Å²) in [4.78, 5) is 25.8. The minimum atomic E-state index is 0. The fourth-order valence-corrected chi connectivity index (χ4v) is 4.45. The van der Waals surface area contributed by atoms with Gasteiger partial charge >= 0.3 is 0 Å². The number of nitrogens with zero attached hydrogens (tertiary/aromatic N) is 5. The van der Waals surface area contributed by atoms with E-state index in [1.807, 2.05) is 21.1 Å². The average molecular weight is 543 g/mol. The lowest BCUT2D eigenvalue weighted by Crippen LogP contribution is -2.52. The van der Waals surface area contributed by atoms with Crippen molar-refractivity contribution >= 4 is 35.8 Å². The van der Waals surface area contributed by atoms with Crippen LogP contribution in [-0.4, -0.2) is 104 Å². The van der Waals surface area contributed by atoms with E-state index in [0.717, 1.165) is 77.6 Å². The lowest BCUT2D eigenvalue weighted by atomic mass is 10.2. The Balaban J connectivity index is 0.00000341. The molecule has 1 unspecified atom stereocenters. The summed E-state index contributed by atoms with van der Waals surface area (Å²) in [5, 5.41) is 3.53. The Morgan fingerprint density at radius 2 is 1.84 bits per heavy atom. The van der Waals surface area contributed by atoms with E-state index in [9.17, 15) is 4.79 Å². The second kappa shape index (κ2) is 13.2. The van der Waals surface area contributed by atoms with Crippen LogP contribution in [0.3, 0.4) is 0 Å². The largest absolute Gasteiger partial charge is 0.356 e. The number of amides is 1. The van der Waals surface area contributed by atoms with Crippen molar-refractivity contribution < 1.29 is 4.79 Å². The van der Waals surface area contributed by atoms with Crippen molar-refractivity contribution in [1.82, 2.24) is 24.9 Å². The van der Waals surface area contributed by atoms with Crippen LogP contribution in [0.25, 0.3) is 0 Å². The smallest absolute Gasteiger partial charge is 0.239 e. The Labute approximate surface area is 204 Å². The maximum atomic E-state index is 12.3. The van der Waals surface area contributed by atoms with E-state index in [1.165, 1.54) is 5.56 Å². The Hall–Kier alpha value is -1.39. The summed E-state index contributed by atoms with van der Waals surface area (Å²) in [6.07, 6.45) is 3.12. The van der Waals surface area contributed by atoms with E-state index in [-0.39, 0.29) is 35.9 Å². The van der Waals surface area contributed by atoms with E-state index < -0.39 is 0 Å². The number of hydrogen-bond acceptors (Lipinski definition) is 4. The molecule has 0 aliphatic carbocycles. The highest BCUT2D eigenvalue weighted by atomic mass is 127. The van der Waals surface area contributed by atoms with E-state index in [4.69, 9.17) is 0 Å². The number of aliphatic imine (C=N–C) groups is 1. The minimum absolute atomic E-state index is 0. The topological polar surface area (TPSA) is 54.4 Å². The molecule has 2 aliphatic heterocycles. The van der Waals surface area contributed by atoms with Gasteiger partial charge in [0, 0.05) is 67.0 Å². The van der Waals surface area contributed by atoms with Crippen LogP contribution in [-0.2, 0) is 11.3 Å². The van der Waals surface area contributed by atoms with E-state index in [1.54, 1.807) is 4.90 Å². The first-order chi connectivity index (χ1) is 14.6. The molecule has 2 heterocycles. The molecule has 174 valence electrons. The third-order valence-corrected chi connectivity index (χ3v) is 6.13. The summed E-state index contributed by atoms with van der Waals surface area (Å²) in [5.41, 5.74) is 1.38. The fraction of sp³-hybridized carbons (Fsp3) is 0.652. The first-order valence-electron chi connectivity index (χ1n) is 11.3. The predicted octanol–water partition coefficient (Wildman–Crippen LogP) is 1.94. The molecule has 2 fully saturated rings. The summed E-state index contributed by atoms with van der Waals surface area (Å²) in [6.45, 7) is 7.99. The molecular weight excluding hydrogens is 503 g/mol. The molecule has 1 amide bonds. The van der Waals surface area contributed by atoms with E-state index >= 15 is 0 Å². The number of carbonyl (C=O) groups excluding carboxylic acids is 1. The van der Waals surface area contributed by atoms with Crippen molar-refractivity contribution in [3.05, 3.63) is 35.9 Å². The number of benzene rings is 1. The number of rotatable bonds is 7. The van der Waals surface area contributed by atoms with Crippen molar-refractivity contribution in [3.63, 3.8) is 0 Å². The van der Waals surface area contributed by atoms with E-state index in [0.29, 0.717) is 0 Å². The molecule has 0 spiro atoms. The SMILES string of the molecule is CN=C(NCCCN1CCCC1C(=O)N(C)C)N1CCN(Cc2ccccc2)CC1.I. The maximum Gasteiger partial charge on any atom is 0.239 e. The Morgan fingerprint density at radius 3 is 2.48 bits per heavy atom. The van der Waals surface area contributed by atoms with Gasteiger partial charge in [-0.15, -0.1) is 24.0 Å². The molecule has 0 radical (unpaired) electrons. The molecule has 1 atom stereocenters. The Morgan fingerprint density at radius 1 is 1.13 bits per heavy atom. The predicted molar refractivity (Wildman–Crippen MR) is 138 cm³/mol. The van der Waals surface area contributed by atoms with Gasteiger partial charge in [0.25, 0.3) is 0 Å². The molecular formula is C23H39IN6O. The van der Waals surface area contributed by atoms with Gasteiger partial charge in [0.05, 0.1) is 6.04 Å². The quantitative estimate of drug-likeness (QED) is 0.247. The first kappa shape index (κ1) is 25.9. The van der Waals surface area contributed by atoms with Gasteiger partial charge in [-0.25, -0.2) is 0 Å². The number of likely N-dealkylation sites (tertiary alicyclic amines) is 1. The monoisotopic (exact) mass is 542 g/mol. The standard InChI is InChI=1S/C23H38N6O.HI/c1-24-23(25-12-8-14-28-13-7-11-21(28)22(30)26(2)3)29-17-15-27(16-18-29)19-20-9-5-4-6-10-20;/h4-6,9-10,21H,7-8,11-19H2,1-3H3,(H,24,25);1H. The molecule has 0 aromatic heterocycles. The van der Waals surface area contributed by atoms with Crippen LogP contribution in [0.4, 0.5) is 0 Å². The Kier molecular flexibility index (Phi) is 11.0. The molecule has 0 saturated carbocycles. The van der Waals surface area contributed by atoms with Crippen molar-refractivity contribution in [3.8, 4) is 0 Å². The normalized spacial score (nSPS) is 20.4. The van der Waals surface area contributed by atoms with Crippen LogP contribution in [0.15, 0.2) is 35.3 Å². The molecule has 31 heavy (non-hydrogen) atoms. The summed E-state index contributed by atoms with van der Waals surface area (Å²) in [7, 11) is 5.57. The highest BCUT2D eigenvalue weighted by molar-refractivity contribution is 14.0. The van der Waals surface area contributed by atoms with Gasteiger partial charge in [0.2, 0.25) is 5.91 Å². The minimum Gasteiger partial charge on any atom is -0.356 e. The average Bonchev–Trinajstić information content (AvgIpc) is 3.23. The number of halogens is 1. The zero-order valence-electron chi connectivity index (χ0n) is 19.3. The summed E-state index contributed by atoms with van der Waals surface area (Å²) < 4.78 is 0. The molecule has 7 nitrogen and oxygen atoms in total. The van der Waals surface area contributed by atoms with Crippen molar-refractivity contribution in [2.75, 3.05) is 67.0 Å². The van der Waals surface area contributed by atoms with E-state index in [2.05, 4.69) is 55.3 Å². The molecule has 8 heteroatoms. The van der Waals surface area contributed by atoms with Gasteiger partial charge < -0.3 is 15.1 Å². The lowest BCUT2D eigenvalue weighted by Gasteiger charge is -2.36. The number of piperazine rings is 1. The second-order valence-electron chi connectivity index (χ2n) is 8.50. The third-order valence-electron chi connectivity index (χ3n) is 6.13. The van der Waals surface area contributed by atoms with Crippen LogP contribution >= 0.6 is 24.0 Å². The highest BCUT2D eigenvalue weighted by Gasteiger charge is 2.31. The molecule has 2 aliphatic rings. The third kappa shape index (κ3) is 7.61. The zero-order valence-corrected chi connectivity index (χ0v) is 21.6. The van der Waals surface area contributed by atoms with Crippen molar-refractivity contribution in [2.45, 2.75) is 31.8 Å². The number of hydrogen-bond donors (Lipinski definition) is 1. The van der Waals surface area contributed by atoms with Gasteiger partial charge in [-0.1, -0.05) is 30.3 Å². The summed E-state index contributed by atoms with van der Waals surface area (Å²) >= 11 is 0. The molecule has 1 aromatic rings. The molecule has 3 rings (SSSR count). The van der Waals surface area contributed by atoms with Crippen LogP contribution < -0.4 is 5.32 Å². The molecule has 1 aromatic carbocycles. The van der Waals surface area contributed by atoms with Crippen molar-refractivity contribution in [2.24, 2.45) is 4.99 Å². The maximum absolute atomic E-state index is 12.3. The van der Waals surface area contributed by atoms with Crippen molar-refractivity contribution in [1.29, 1.82) is 0 Å². The van der Waals surface area contributed by atoms with Gasteiger partial charge in [-0.3, -0.25) is 19.6 Å². The van der Waals surface area contributed by atoms with Gasteiger partial charge in [-0.2, -0.15) is 0 Å². The summed E-state index contributed by atoms with van der Waals surface area (Å²) in [5.74, 6) is 1.24. The summed E-state index contributed by atoms with van der Waals surface area (Å²) in [6, 6.07) is 10.8. The first-order valence-corrected chi connectivity index (χ1v) is 11.3. The van der Waals surface area contributed by atoms with Crippen LogP contribution in [0.2, 0.25) is 0 Å². The van der Waals surface area contributed by atoms with Crippen LogP contribution in [0.5, 0.6) is 0 Å². The fourth-order valence-electron chi connectivity index (χ4n) is 4.45. The lowest BCUT2D eigenvalue weighted by molar-refractivity contribution is -0.133. The zero-order chi connectivity index (χ0) is 21.3. The number of likely N-dealkylation sites (N-methyl/N-ethyl adjacent to an activating group) is 1. The number of carbonyl (C=O) groups is 1. The van der Waals surface area contributed by atoms with Crippen LogP contribution in [0, 0.1) is 0 Å². The molecule has 0 bridgehead atoms. The Bertz CT molecular complexity index is 691. The van der Waals surface area contributed by atoms with Gasteiger partial charge in [0.1, 0.15) is 0 Å². The number of nitrogens with one attached hydrogen (secondary N) is 1. The van der Waals surface area contributed by atoms with Crippen LogP contribution in [0.1, 0.15) is 24.8 Å². The second-order valence-corrected chi connectivity index (χ2v) is 8.50. The highest BCUT2D eigenvalue weighted by Crippen LogP contribution is 2.18. The van der Waals surface area contributed by atoms with Gasteiger partial charge in [-0.05, 0) is 31.4 Å². The van der Waals surface area contributed by atoms with Gasteiger partial charge in [0.15, 0.2) is 5.96 Å². The molecule has 1 N–H and O–H groups in total.